The molecule has 0 bridgehead atoms. The lowest BCUT2D eigenvalue weighted by molar-refractivity contribution is -0.129. The maximum Gasteiger partial charge on any atom is 0.233 e. The molecule has 5 heteroatoms. The molecule has 116 valence electrons. The summed E-state index contributed by atoms with van der Waals surface area (Å²) >= 11 is 5.14. The van der Waals surface area contributed by atoms with Crippen molar-refractivity contribution in [1.29, 1.82) is 0 Å². The van der Waals surface area contributed by atoms with Crippen LogP contribution in [0.25, 0.3) is 0 Å². The summed E-state index contributed by atoms with van der Waals surface area (Å²) in [4.78, 5) is 12.7. The minimum atomic E-state index is -0.620. The number of carbonyl (C=O) groups is 1. The molecule has 0 radical (unpaired) electrons. The second-order valence-corrected chi connectivity index (χ2v) is 6.50. The van der Waals surface area contributed by atoms with E-state index < -0.39 is 5.41 Å². The maximum absolute atomic E-state index is 12.4. The van der Waals surface area contributed by atoms with Crippen molar-refractivity contribution in [3.63, 3.8) is 0 Å². The molecule has 0 heterocycles. The first-order valence-corrected chi connectivity index (χ1v) is 8.06. The van der Waals surface area contributed by atoms with Gasteiger partial charge in [-0.15, -0.1) is 0 Å². The quantitative estimate of drug-likeness (QED) is 0.534. The Morgan fingerprint density at radius 1 is 1.30 bits per heavy atom. The molecule has 1 saturated carbocycles. The molecule has 0 atom stereocenters. The van der Waals surface area contributed by atoms with Crippen LogP contribution in [-0.4, -0.2) is 30.7 Å². The van der Waals surface area contributed by atoms with Crippen molar-refractivity contribution < 1.29 is 9.53 Å². The highest BCUT2D eigenvalue weighted by molar-refractivity contribution is 7.80. The number of thiocarbonyl (C=S) groups is 1. The van der Waals surface area contributed by atoms with Gasteiger partial charge in [-0.05, 0) is 25.2 Å². The second kappa shape index (κ2) is 8.57. The van der Waals surface area contributed by atoms with Crippen molar-refractivity contribution in [2.75, 3.05) is 19.8 Å². The molecule has 20 heavy (non-hydrogen) atoms. The van der Waals surface area contributed by atoms with Crippen molar-refractivity contribution in [3.8, 4) is 0 Å². The van der Waals surface area contributed by atoms with Gasteiger partial charge in [0.15, 0.2) is 0 Å². The van der Waals surface area contributed by atoms with E-state index in [1.165, 1.54) is 0 Å². The summed E-state index contributed by atoms with van der Waals surface area (Å²) in [6.45, 7) is 6.15. The molecule has 0 spiro atoms. The fourth-order valence-corrected chi connectivity index (χ4v) is 2.86. The molecular formula is C15H28N2O2S. The Morgan fingerprint density at radius 3 is 2.50 bits per heavy atom. The molecule has 0 aromatic carbocycles. The number of nitrogens with two attached hydrogens (primary N) is 1. The van der Waals surface area contributed by atoms with Gasteiger partial charge in [-0.2, -0.15) is 0 Å². The van der Waals surface area contributed by atoms with Gasteiger partial charge >= 0.3 is 0 Å². The molecule has 0 aromatic heterocycles. The number of hydrogen-bond donors (Lipinski definition) is 2. The summed E-state index contributed by atoms with van der Waals surface area (Å²) in [5.41, 5.74) is 5.21. The normalized spacial score (nSPS) is 17.9. The largest absolute Gasteiger partial charge is 0.392 e. The smallest absolute Gasteiger partial charge is 0.233 e. The first kappa shape index (κ1) is 17.4. The highest BCUT2D eigenvalue weighted by atomic mass is 32.1. The minimum Gasteiger partial charge on any atom is -0.392 e. The Hall–Kier alpha value is -0.680. The monoisotopic (exact) mass is 300 g/mol. The van der Waals surface area contributed by atoms with Crippen LogP contribution in [0.2, 0.25) is 0 Å². The Morgan fingerprint density at radius 2 is 1.95 bits per heavy atom. The van der Waals surface area contributed by atoms with Crippen LogP contribution in [0, 0.1) is 11.3 Å². The number of ether oxygens (including phenoxy) is 1. The summed E-state index contributed by atoms with van der Waals surface area (Å²) in [7, 11) is 0. The standard InChI is InChI=1S/C15H28N2O2S/c1-12(2)6-10-19-11-9-17-14(18)15(13(16)20)7-4-3-5-8-15/h12H,3-11H2,1-2H3,(H2,16,20)(H,17,18). The molecule has 0 unspecified atom stereocenters. The van der Waals surface area contributed by atoms with Crippen LogP contribution in [-0.2, 0) is 9.53 Å². The summed E-state index contributed by atoms with van der Waals surface area (Å²) in [5, 5.41) is 2.93. The third-order valence-corrected chi connectivity index (χ3v) is 4.38. The molecule has 4 nitrogen and oxygen atoms in total. The number of carbonyl (C=O) groups excluding carboxylic acids is 1. The second-order valence-electron chi connectivity index (χ2n) is 6.06. The van der Waals surface area contributed by atoms with E-state index in [-0.39, 0.29) is 5.91 Å². The summed E-state index contributed by atoms with van der Waals surface area (Å²) < 4.78 is 5.50. The molecular weight excluding hydrogens is 272 g/mol. The van der Waals surface area contributed by atoms with Crippen molar-refractivity contribution in [3.05, 3.63) is 0 Å². The van der Waals surface area contributed by atoms with E-state index in [1.807, 2.05) is 0 Å². The summed E-state index contributed by atoms with van der Waals surface area (Å²) in [6.07, 6.45) is 5.82. The van der Waals surface area contributed by atoms with Gasteiger partial charge in [0, 0.05) is 13.2 Å². The predicted octanol–water partition coefficient (Wildman–Crippen LogP) is 2.40. The molecule has 1 rings (SSSR count). The van der Waals surface area contributed by atoms with Gasteiger partial charge in [0.25, 0.3) is 0 Å². The van der Waals surface area contributed by atoms with E-state index in [0.29, 0.717) is 24.1 Å². The number of amides is 1. The molecule has 0 saturated heterocycles. The first-order chi connectivity index (χ1) is 9.49. The maximum atomic E-state index is 12.4. The topological polar surface area (TPSA) is 64.3 Å². The molecule has 1 aliphatic carbocycles. The Balaban J connectivity index is 2.31. The summed E-state index contributed by atoms with van der Waals surface area (Å²) in [5.74, 6) is 0.627. The lowest BCUT2D eigenvalue weighted by Gasteiger charge is -2.34. The van der Waals surface area contributed by atoms with Gasteiger partial charge in [0.05, 0.1) is 17.0 Å². The van der Waals surface area contributed by atoms with Crippen molar-refractivity contribution in [2.45, 2.75) is 52.4 Å². The van der Waals surface area contributed by atoms with Crippen molar-refractivity contribution in [2.24, 2.45) is 17.1 Å². The molecule has 1 aliphatic rings. The molecule has 1 fully saturated rings. The van der Waals surface area contributed by atoms with Gasteiger partial charge in [-0.25, -0.2) is 0 Å². The van der Waals surface area contributed by atoms with Crippen LogP contribution in [0.3, 0.4) is 0 Å². The van der Waals surface area contributed by atoms with Crippen molar-refractivity contribution >= 4 is 23.1 Å². The van der Waals surface area contributed by atoms with Crippen molar-refractivity contribution in [1.82, 2.24) is 5.32 Å². The zero-order valence-electron chi connectivity index (χ0n) is 12.7. The Labute approximate surface area is 127 Å². The number of hydrogen-bond acceptors (Lipinski definition) is 3. The van der Waals surface area contributed by atoms with E-state index in [9.17, 15) is 4.79 Å². The minimum absolute atomic E-state index is 0.0165. The highest BCUT2D eigenvalue weighted by Gasteiger charge is 2.42. The molecule has 3 N–H and O–H groups in total. The average Bonchev–Trinajstić information content (AvgIpc) is 2.42. The van der Waals surface area contributed by atoms with Gasteiger partial charge < -0.3 is 15.8 Å². The fourth-order valence-electron chi connectivity index (χ4n) is 2.57. The van der Waals surface area contributed by atoms with E-state index in [2.05, 4.69) is 19.2 Å². The van der Waals surface area contributed by atoms with E-state index in [1.54, 1.807) is 0 Å². The lowest BCUT2D eigenvalue weighted by atomic mass is 9.73. The molecule has 0 aromatic rings. The van der Waals surface area contributed by atoms with E-state index >= 15 is 0 Å². The molecule has 0 aliphatic heterocycles. The van der Waals surface area contributed by atoms with Gasteiger partial charge in [-0.1, -0.05) is 45.3 Å². The first-order valence-electron chi connectivity index (χ1n) is 7.65. The van der Waals surface area contributed by atoms with Crippen LogP contribution in [0.5, 0.6) is 0 Å². The van der Waals surface area contributed by atoms with Crippen LogP contribution in [0.4, 0.5) is 0 Å². The zero-order valence-corrected chi connectivity index (χ0v) is 13.6. The molecule has 1 amide bonds. The lowest BCUT2D eigenvalue weighted by Crippen LogP contribution is -2.50. The third-order valence-electron chi connectivity index (χ3n) is 3.98. The number of rotatable bonds is 8. The van der Waals surface area contributed by atoms with Crippen LogP contribution >= 0.6 is 12.2 Å². The van der Waals surface area contributed by atoms with Gasteiger partial charge in [0.2, 0.25) is 5.91 Å². The predicted molar refractivity (Wildman–Crippen MR) is 85.6 cm³/mol. The zero-order chi connectivity index (χ0) is 15.0. The SMILES string of the molecule is CC(C)CCOCCNC(=O)C1(C(N)=S)CCCCC1. The van der Waals surface area contributed by atoms with Crippen LogP contribution in [0.15, 0.2) is 0 Å². The van der Waals surface area contributed by atoms with E-state index in [0.717, 1.165) is 45.1 Å². The highest BCUT2D eigenvalue weighted by Crippen LogP contribution is 2.36. The van der Waals surface area contributed by atoms with E-state index in [4.69, 9.17) is 22.7 Å². The van der Waals surface area contributed by atoms with Gasteiger partial charge in [0.1, 0.15) is 0 Å². The average molecular weight is 300 g/mol. The number of nitrogens with one attached hydrogen (secondary N) is 1. The van der Waals surface area contributed by atoms with Crippen LogP contribution in [0.1, 0.15) is 52.4 Å². The Kier molecular flexibility index (Phi) is 7.45. The van der Waals surface area contributed by atoms with Gasteiger partial charge in [-0.3, -0.25) is 4.79 Å². The third kappa shape index (κ3) is 5.02. The van der Waals surface area contributed by atoms with Crippen LogP contribution < -0.4 is 11.1 Å². The fraction of sp³-hybridized carbons (Fsp3) is 0.867. The summed E-state index contributed by atoms with van der Waals surface area (Å²) in [6, 6.07) is 0. The Bertz CT molecular complexity index is 326.